The van der Waals surface area contributed by atoms with Gasteiger partial charge in [-0.05, 0) is 44.4 Å². The topological polar surface area (TPSA) is 58.6 Å². The van der Waals surface area contributed by atoms with E-state index in [2.05, 4.69) is 5.32 Å². The molecule has 1 unspecified atom stereocenters. The largest absolute Gasteiger partial charge is 0.480 e. The maximum atomic E-state index is 11.6. The lowest BCUT2D eigenvalue weighted by atomic mass is 9.83. The van der Waals surface area contributed by atoms with Crippen molar-refractivity contribution >= 4 is 5.97 Å². The molecule has 0 amide bonds. The molecule has 116 valence electrons. The van der Waals surface area contributed by atoms with E-state index in [1.54, 1.807) is 0 Å². The van der Waals surface area contributed by atoms with Crippen molar-refractivity contribution < 1.29 is 14.6 Å². The Morgan fingerprint density at radius 2 is 2.05 bits per heavy atom. The molecule has 2 N–H and O–H groups in total. The second-order valence-corrected chi connectivity index (χ2v) is 6.46. The number of carboxylic acid groups (broad SMARTS) is 1. The molecule has 20 heavy (non-hydrogen) atoms. The second-order valence-electron chi connectivity index (χ2n) is 6.46. The van der Waals surface area contributed by atoms with Crippen LogP contribution >= 0.6 is 0 Å². The van der Waals surface area contributed by atoms with Crippen molar-refractivity contribution in [3.63, 3.8) is 0 Å². The molecule has 0 aromatic heterocycles. The Morgan fingerprint density at radius 1 is 1.30 bits per heavy atom. The summed E-state index contributed by atoms with van der Waals surface area (Å²) in [5.41, 5.74) is -0.738. The van der Waals surface area contributed by atoms with Gasteiger partial charge >= 0.3 is 5.97 Å². The van der Waals surface area contributed by atoms with E-state index in [9.17, 15) is 9.90 Å². The highest BCUT2D eigenvalue weighted by Gasteiger charge is 2.40. The van der Waals surface area contributed by atoms with Crippen molar-refractivity contribution in [3.8, 4) is 0 Å². The summed E-state index contributed by atoms with van der Waals surface area (Å²) >= 11 is 0. The van der Waals surface area contributed by atoms with E-state index in [4.69, 9.17) is 4.74 Å². The molecule has 2 saturated carbocycles. The fourth-order valence-electron chi connectivity index (χ4n) is 2.90. The number of carbonyl (C=O) groups is 1. The average Bonchev–Trinajstić information content (AvgIpc) is 3.17. The molecule has 2 fully saturated rings. The molecular weight excluding hydrogens is 254 g/mol. The van der Waals surface area contributed by atoms with Crippen molar-refractivity contribution in [3.05, 3.63) is 0 Å². The van der Waals surface area contributed by atoms with Crippen LogP contribution in [0.25, 0.3) is 0 Å². The third-order valence-corrected chi connectivity index (χ3v) is 4.86. The van der Waals surface area contributed by atoms with Gasteiger partial charge in [0.25, 0.3) is 0 Å². The van der Waals surface area contributed by atoms with Crippen molar-refractivity contribution in [2.75, 3.05) is 13.2 Å². The Labute approximate surface area is 122 Å². The number of nitrogens with one attached hydrogen (secondary N) is 1. The quantitative estimate of drug-likeness (QED) is 0.572. The van der Waals surface area contributed by atoms with Crippen LogP contribution in [0.4, 0.5) is 0 Å². The second kappa shape index (κ2) is 7.41. The van der Waals surface area contributed by atoms with Crippen LogP contribution in [0.2, 0.25) is 0 Å². The van der Waals surface area contributed by atoms with Crippen LogP contribution in [-0.2, 0) is 9.53 Å². The Hall–Kier alpha value is -0.610. The summed E-state index contributed by atoms with van der Waals surface area (Å²) in [5, 5.41) is 12.8. The van der Waals surface area contributed by atoms with Crippen molar-refractivity contribution in [2.24, 2.45) is 5.92 Å². The summed E-state index contributed by atoms with van der Waals surface area (Å²) in [7, 11) is 0. The Morgan fingerprint density at radius 3 is 2.55 bits per heavy atom. The van der Waals surface area contributed by atoms with Crippen molar-refractivity contribution in [1.29, 1.82) is 0 Å². The maximum absolute atomic E-state index is 11.6. The van der Waals surface area contributed by atoms with Crippen LogP contribution in [0.15, 0.2) is 0 Å². The number of hydrogen-bond donors (Lipinski definition) is 2. The first-order valence-electron chi connectivity index (χ1n) is 8.25. The molecule has 0 bridgehead atoms. The van der Waals surface area contributed by atoms with Gasteiger partial charge in [0.15, 0.2) is 0 Å². The molecule has 0 aliphatic heterocycles. The zero-order valence-electron chi connectivity index (χ0n) is 12.7. The van der Waals surface area contributed by atoms with E-state index in [-0.39, 0.29) is 0 Å². The molecule has 4 nitrogen and oxygen atoms in total. The standard InChI is InChI=1S/C16H29NO3/c1-2-16(15(18)19,17-14-7-8-14)10-4-11-20-12-9-13-5-3-6-13/h13-14,17H,2-12H2,1H3,(H,18,19). The summed E-state index contributed by atoms with van der Waals surface area (Å²) in [6, 6.07) is 0.422. The van der Waals surface area contributed by atoms with E-state index >= 15 is 0 Å². The highest BCUT2D eigenvalue weighted by atomic mass is 16.5. The zero-order chi connectivity index (χ0) is 14.4. The van der Waals surface area contributed by atoms with Gasteiger partial charge in [0.2, 0.25) is 0 Å². The number of hydrogen-bond acceptors (Lipinski definition) is 3. The minimum absolute atomic E-state index is 0.422. The fraction of sp³-hybridized carbons (Fsp3) is 0.938. The van der Waals surface area contributed by atoms with Gasteiger partial charge in [-0.3, -0.25) is 10.1 Å². The summed E-state index contributed by atoms with van der Waals surface area (Å²) in [6.07, 6.45) is 9.66. The van der Waals surface area contributed by atoms with Crippen LogP contribution < -0.4 is 5.32 Å². The molecule has 0 spiro atoms. The van der Waals surface area contributed by atoms with Gasteiger partial charge in [0, 0.05) is 19.3 Å². The molecule has 2 aliphatic rings. The van der Waals surface area contributed by atoms with Gasteiger partial charge in [-0.25, -0.2) is 0 Å². The number of carboxylic acids is 1. The van der Waals surface area contributed by atoms with E-state index in [1.807, 2.05) is 6.92 Å². The lowest BCUT2D eigenvalue weighted by molar-refractivity contribution is -0.145. The maximum Gasteiger partial charge on any atom is 0.323 e. The third-order valence-electron chi connectivity index (χ3n) is 4.86. The lowest BCUT2D eigenvalue weighted by Gasteiger charge is -2.30. The monoisotopic (exact) mass is 283 g/mol. The minimum Gasteiger partial charge on any atom is -0.480 e. The predicted octanol–water partition coefficient (Wildman–Crippen LogP) is 2.96. The van der Waals surface area contributed by atoms with Crippen LogP contribution in [0, 0.1) is 5.92 Å². The van der Waals surface area contributed by atoms with Crippen LogP contribution in [0.1, 0.15) is 64.7 Å². The number of aliphatic carboxylic acids is 1. The predicted molar refractivity (Wildman–Crippen MR) is 78.8 cm³/mol. The number of rotatable bonds is 11. The minimum atomic E-state index is -0.738. The molecule has 0 heterocycles. The molecule has 1 atom stereocenters. The van der Waals surface area contributed by atoms with Gasteiger partial charge in [0.1, 0.15) is 5.54 Å². The Kier molecular flexibility index (Phi) is 5.85. The summed E-state index contributed by atoms with van der Waals surface area (Å²) in [5.74, 6) is 0.182. The first kappa shape index (κ1) is 15.8. The smallest absolute Gasteiger partial charge is 0.323 e. The van der Waals surface area contributed by atoms with Crippen molar-refractivity contribution in [1.82, 2.24) is 5.32 Å². The Bertz CT molecular complexity index is 313. The normalized spacial score (nSPS) is 22.2. The molecule has 0 radical (unpaired) electrons. The highest BCUT2D eigenvalue weighted by molar-refractivity contribution is 5.78. The molecule has 0 saturated heterocycles. The van der Waals surface area contributed by atoms with Gasteiger partial charge in [-0.1, -0.05) is 26.2 Å². The van der Waals surface area contributed by atoms with Crippen molar-refractivity contribution in [2.45, 2.75) is 76.3 Å². The van der Waals surface area contributed by atoms with Crippen LogP contribution in [0.3, 0.4) is 0 Å². The molecule has 2 aliphatic carbocycles. The summed E-state index contributed by atoms with van der Waals surface area (Å²) in [6.45, 7) is 3.49. The molecule has 0 aromatic rings. The number of ether oxygens (including phenoxy) is 1. The van der Waals surface area contributed by atoms with Crippen LogP contribution in [-0.4, -0.2) is 35.9 Å². The summed E-state index contributed by atoms with van der Waals surface area (Å²) in [4.78, 5) is 11.6. The van der Waals surface area contributed by atoms with Crippen LogP contribution in [0.5, 0.6) is 0 Å². The van der Waals surface area contributed by atoms with Gasteiger partial charge in [0.05, 0.1) is 0 Å². The zero-order valence-corrected chi connectivity index (χ0v) is 12.7. The van der Waals surface area contributed by atoms with E-state index in [0.29, 0.717) is 25.5 Å². The molecule has 2 rings (SSSR count). The average molecular weight is 283 g/mol. The highest BCUT2D eigenvalue weighted by Crippen LogP contribution is 2.29. The van der Waals surface area contributed by atoms with Gasteiger partial charge in [-0.15, -0.1) is 0 Å². The molecule has 4 heteroatoms. The summed E-state index contributed by atoms with van der Waals surface area (Å²) < 4.78 is 5.66. The molecule has 0 aromatic carbocycles. The van der Waals surface area contributed by atoms with E-state index in [1.165, 1.54) is 25.7 Å². The van der Waals surface area contributed by atoms with E-state index in [0.717, 1.165) is 31.8 Å². The fourth-order valence-corrected chi connectivity index (χ4v) is 2.90. The van der Waals surface area contributed by atoms with Gasteiger partial charge in [-0.2, -0.15) is 0 Å². The Balaban J connectivity index is 1.61. The third kappa shape index (κ3) is 4.45. The first-order valence-corrected chi connectivity index (χ1v) is 8.25. The first-order chi connectivity index (χ1) is 9.66. The van der Waals surface area contributed by atoms with Gasteiger partial charge < -0.3 is 9.84 Å². The lowest BCUT2D eigenvalue weighted by Crippen LogP contribution is -2.52. The SMILES string of the molecule is CCC(CCCOCCC1CCC1)(NC1CC1)C(=O)O. The van der Waals surface area contributed by atoms with E-state index < -0.39 is 11.5 Å². The molecular formula is C16H29NO3.